The molecule has 1 fully saturated rings. The molecule has 0 bridgehead atoms. The van der Waals surface area contributed by atoms with E-state index in [-0.39, 0.29) is 36.8 Å². The zero-order chi connectivity index (χ0) is 19.1. The van der Waals surface area contributed by atoms with Gasteiger partial charge < -0.3 is 20.5 Å². The second kappa shape index (κ2) is 9.47. The average Bonchev–Trinajstić information content (AvgIpc) is 2.63. The molecule has 0 atom stereocenters. The molecule has 1 amide bonds. The van der Waals surface area contributed by atoms with Gasteiger partial charge in [-0.1, -0.05) is 0 Å². The van der Waals surface area contributed by atoms with E-state index in [0.717, 1.165) is 12.1 Å². The summed E-state index contributed by atoms with van der Waals surface area (Å²) in [5.74, 6) is -3.04. The molecule has 144 valence electrons. The van der Waals surface area contributed by atoms with E-state index in [9.17, 15) is 18.4 Å². The van der Waals surface area contributed by atoms with Crippen LogP contribution in [0.1, 0.15) is 43.0 Å². The van der Waals surface area contributed by atoms with Gasteiger partial charge in [-0.25, -0.2) is 8.78 Å². The van der Waals surface area contributed by atoms with E-state index in [4.69, 9.17) is 15.2 Å². The standard InChI is InChI=1S/C18H24F2N2O4/c1-2-25-18(24)11-3-5-12(6-4-11)26-16-10-14(19)13(9-15(16)20)17(23)22-8-7-21/h9-12H,2-8,21H2,1H3,(H,22,23). The van der Waals surface area contributed by atoms with Gasteiger partial charge in [-0.3, -0.25) is 9.59 Å². The maximum atomic E-state index is 14.2. The maximum Gasteiger partial charge on any atom is 0.308 e. The lowest BCUT2D eigenvalue weighted by molar-refractivity contribution is -0.149. The highest BCUT2D eigenvalue weighted by molar-refractivity contribution is 5.94. The molecule has 3 N–H and O–H groups in total. The number of halogens is 2. The molecule has 0 heterocycles. The molecule has 26 heavy (non-hydrogen) atoms. The molecule has 8 heteroatoms. The molecule has 0 unspecified atom stereocenters. The summed E-state index contributed by atoms with van der Waals surface area (Å²) in [6, 6.07) is 1.70. The lowest BCUT2D eigenvalue weighted by Gasteiger charge is -2.28. The monoisotopic (exact) mass is 370 g/mol. The largest absolute Gasteiger partial charge is 0.487 e. The van der Waals surface area contributed by atoms with Crippen molar-refractivity contribution in [2.45, 2.75) is 38.7 Å². The number of rotatable bonds is 7. The summed E-state index contributed by atoms with van der Waals surface area (Å²) in [6.07, 6.45) is 1.93. The number of carbonyl (C=O) groups excluding carboxylic acids is 2. The molecule has 6 nitrogen and oxygen atoms in total. The Balaban J connectivity index is 1.97. The van der Waals surface area contributed by atoms with Gasteiger partial charge in [0.1, 0.15) is 5.82 Å². The van der Waals surface area contributed by atoms with Crippen LogP contribution in [0.3, 0.4) is 0 Å². The van der Waals surface area contributed by atoms with E-state index in [1.807, 2.05) is 0 Å². The maximum absolute atomic E-state index is 14.2. The molecule has 0 aliphatic heterocycles. The molecular weight excluding hydrogens is 346 g/mol. The highest BCUT2D eigenvalue weighted by Crippen LogP contribution is 2.30. The Morgan fingerprint density at radius 2 is 1.88 bits per heavy atom. The Hall–Kier alpha value is -2.22. The molecule has 1 aliphatic rings. The number of esters is 1. The van der Waals surface area contributed by atoms with E-state index in [2.05, 4.69) is 5.32 Å². The van der Waals surface area contributed by atoms with E-state index < -0.39 is 23.1 Å². The number of hydrogen-bond donors (Lipinski definition) is 2. The number of nitrogens with two attached hydrogens (primary N) is 1. The van der Waals surface area contributed by atoms with Gasteiger partial charge in [0.25, 0.3) is 5.91 Å². The molecule has 0 spiro atoms. The first-order valence-electron chi connectivity index (χ1n) is 8.76. The van der Waals surface area contributed by atoms with E-state index >= 15 is 0 Å². The summed E-state index contributed by atoms with van der Waals surface area (Å²) in [7, 11) is 0. The van der Waals surface area contributed by atoms with E-state index in [1.54, 1.807) is 6.92 Å². The van der Waals surface area contributed by atoms with Crippen molar-refractivity contribution in [1.82, 2.24) is 5.32 Å². The second-order valence-electron chi connectivity index (χ2n) is 6.15. The van der Waals surface area contributed by atoms with Crippen molar-refractivity contribution < 1.29 is 27.8 Å². The topological polar surface area (TPSA) is 90.6 Å². The number of carbonyl (C=O) groups is 2. The third-order valence-electron chi connectivity index (χ3n) is 4.28. The number of nitrogens with one attached hydrogen (secondary N) is 1. The van der Waals surface area contributed by atoms with Crippen molar-refractivity contribution in [3.05, 3.63) is 29.3 Å². The third kappa shape index (κ3) is 5.14. The van der Waals surface area contributed by atoms with Gasteiger partial charge in [0.05, 0.1) is 24.2 Å². The fourth-order valence-electron chi connectivity index (χ4n) is 2.93. The first-order chi connectivity index (χ1) is 12.5. The summed E-state index contributed by atoms with van der Waals surface area (Å²) in [5, 5.41) is 2.39. The van der Waals surface area contributed by atoms with Crippen LogP contribution in [0.2, 0.25) is 0 Å². The van der Waals surface area contributed by atoms with Crippen molar-refractivity contribution in [2.75, 3.05) is 19.7 Å². The summed E-state index contributed by atoms with van der Waals surface area (Å²) >= 11 is 0. The SMILES string of the molecule is CCOC(=O)C1CCC(Oc2cc(F)c(C(=O)NCCN)cc2F)CC1. The first kappa shape index (κ1) is 20.1. The van der Waals surface area contributed by atoms with Crippen LogP contribution >= 0.6 is 0 Å². The quantitative estimate of drug-likeness (QED) is 0.718. The minimum atomic E-state index is -0.865. The molecule has 2 rings (SSSR count). The molecule has 0 aromatic heterocycles. The molecular formula is C18H24F2N2O4. The van der Waals surface area contributed by atoms with Gasteiger partial charge in [0.2, 0.25) is 0 Å². The third-order valence-corrected chi connectivity index (χ3v) is 4.28. The Morgan fingerprint density at radius 3 is 2.50 bits per heavy atom. The predicted molar refractivity (Wildman–Crippen MR) is 90.8 cm³/mol. The smallest absolute Gasteiger partial charge is 0.308 e. The number of amides is 1. The summed E-state index contributed by atoms with van der Waals surface area (Å²) in [6.45, 7) is 2.46. The van der Waals surface area contributed by atoms with Crippen LogP contribution in [0, 0.1) is 17.6 Å². The first-order valence-corrected chi connectivity index (χ1v) is 8.76. The van der Waals surface area contributed by atoms with Crippen molar-refractivity contribution in [2.24, 2.45) is 11.7 Å². The number of hydrogen-bond acceptors (Lipinski definition) is 5. The minimum absolute atomic E-state index is 0.169. The van der Waals surface area contributed by atoms with Gasteiger partial charge in [-0.2, -0.15) is 0 Å². The summed E-state index contributed by atoms with van der Waals surface area (Å²) < 4.78 is 38.9. The fourth-order valence-corrected chi connectivity index (χ4v) is 2.93. The van der Waals surface area contributed by atoms with Crippen LogP contribution in [0.25, 0.3) is 0 Å². The highest BCUT2D eigenvalue weighted by Gasteiger charge is 2.29. The lowest BCUT2D eigenvalue weighted by Crippen LogP contribution is -2.30. The van der Waals surface area contributed by atoms with Crippen LogP contribution in [-0.4, -0.2) is 37.7 Å². The van der Waals surface area contributed by atoms with Crippen LogP contribution in [0.4, 0.5) is 8.78 Å². The van der Waals surface area contributed by atoms with Crippen molar-refractivity contribution >= 4 is 11.9 Å². The van der Waals surface area contributed by atoms with Crippen LogP contribution in [0.15, 0.2) is 12.1 Å². The molecule has 1 aliphatic carbocycles. The van der Waals surface area contributed by atoms with E-state index in [1.165, 1.54) is 0 Å². The average molecular weight is 370 g/mol. The predicted octanol–water partition coefficient (Wildman–Crippen LogP) is 2.15. The fraction of sp³-hybridized carbons (Fsp3) is 0.556. The van der Waals surface area contributed by atoms with Crippen LogP contribution in [0.5, 0.6) is 5.75 Å². The van der Waals surface area contributed by atoms with Gasteiger partial charge in [-0.05, 0) is 38.7 Å². The summed E-state index contributed by atoms with van der Waals surface area (Å²) in [4.78, 5) is 23.5. The Morgan fingerprint density at radius 1 is 1.19 bits per heavy atom. The normalized spacial score (nSPS) is 19.7. The van der Waals surface area contributed by atoms with Crippen LogP contribution in [-0.2, 0) is 9.53 Å². The highest BCUT2D eigenvalue weighted by atomic mass is 19.1. The van der Waals surface area contributed by atoms with Crippen molar-refractivity contribution in [3.8, 4) is 5.75 Å². The van der Waals surface area contributed by atoms with Gasteiger partial charge in [0, 0.05) is 19.2 Å². The molecule has 0 saturated heterocycles. The molecule has 1 aromatic carbocycles. The molecule has 1 saturated carbocycles. The lowest BCUT2D eigenvalue weighted by atomic mass is 9.87. The molecule has 0 radical (unpaired) electrons. The van der Waals surface area contributed by atoms with Gasteiger partial charge >= 0.3 is 5.97 Å². The zero-order valence-corrected chi connectivity index (χ0v) is 14.7. The Labute approximate surface area is 151 Å². The van der Waals surface area contributed by atoms with Crippen LogP contribution < -0.4 is 15.8 Å². The van der Waals surface area contributed by atoms with E-state index in [0.29, 0.717) is 32.3 Å². The molecule has 1 aromatic rings. The number of ether oxygens (including phenoxy) is 2. The van der Waals surface area contributed by atoms with Gasteiger partial charge in [-0.15, -0.1) is 0 Å². The minimum Gasteiger partial charge on any atom is -0.487 e. The Kier molecular flexibility index (Phi) is 7.32. The van der Waals surface area contributed by atoms with Crippen molar-refractivity contribution in [3.63, 3.8) is 0 Å². The second-order valence-corrected chi connectivity index (χ2v) is 6.15. The summed E-state index contributed by atoms with van der Waals surface area (Å²) in [5.41, 5.74) is 4.87. The number of benzene rings is 1. The zero-order valence-electron chi connectivity index (χ0n) is 14.7. The van der Waals surface area contributed by atoms with Gasteiger partial charge in [0.15, 0.2) is 11.6 Å². The Bertz CT molecular complexity index is 646. The van der Waals surface area contributed by atoms with Crippen molar-refractivity contribution in [1.29, 1.82) is 0 Å².